The van der Waals surface area contributed by atoms with Crippen molar-refractivity contribution in [1.82, 2.24) is 4.72 Å². The van der Waals surface area contributed by atoms with Crippen molar-refractivity contribution in [2.45, 2.75) is 63.4 Å². The van der Waals surface area contributed by atoms with E-state index in [1.807, 2.05) is 19.1 Å². The van der Waals surface area contributed by atoms with Gasteiger partial charge in [-0.05, 0) is 53.2 Å². The van der Waals surface area contributed by atoms with Crippen LogP contribution in [0.15, 0.2) is 29.2 Å². The minimum Gasteiger partial charge on any atom is -0.353 e. The van der Waals surface area contributed by atoms with Crippen LogP contribution in [0.1, 0.15) is 46.1 Å². The fourth-order valence-electron chi connectivity index (χ4n) is 2.58. The molecule has 1 rings (SSSR count). The Morgan fingerprint density at radius 3 is 1.93 bits per heavy atom. The van der Waals surface area contributed by atoms with Crippen molar-refractivity contribution < 1.29 is 27.3 Å². The first kappa shape index (κ1) is 25.4. The molecule has 0 saturated carbocycles. The van der Waals surface area contributed by atoms with Crippen LogP contribution in [0.3, 0.4) is 0 Å². The van der Waals surface area contributed by atoms with Crippen molar-refractivity contribution >= 4 is 18.6 Å². The largest absolute Gasteiger partial charge is 0.353 e. The smallest absolute Gasteiger partial charge is 0.351 e. The maximum atomic E-state index is 13.6. The zero-order valence-electron chi connectivity index (χ0n) is 17.9. The van der Waals surface area contributed by atoms with Crippen molar-refractivity contribution in [2.75, 3.05) is 27.4 Å². The number of nitrogens with one attached hydrogen (secondary N) is 1. The van der Waals surface area contributed by atoms with Crippen LogP contribution in [-0.4, -0.2) is 42.7 Å². The number of hydrogen-bond donors (Lipinski definition) is 1. The van der Waals surface area contributed by atoms with E-state index in [9.17, 15) is 8.77 Å². The lowest BCUT2D eigenvalue weighted by molar-refractivity contribution is -0.198. The lowest BCUT2D eigenvalue weighted by Gasteiger charge is -2.38. The molecular formula is C19H34NO6PS. The van der Waals surface area contributed by atoms with Crippen molar-refractivity contribution in [3.05, 3.63) is 29.8 Å². The Hall–Kier alpha value is -0.600. The third-order valence-corrected chi connectivity index (χ3v) is 8.91. The minimum absolute atomic E-state index is 0.206. The average molecular weight is 436 g/mol. The van der Waals surface area contributed by atoms with E-state index in [0.29, 0.717) is 17.7 Å². The molecule has 0 aromatic heterocycles. The second kappa shape index (κ2) is 11.0. The summed E-state index contributed by atoms with van der Waals surface area (Å²) in [7, 11) is -2.17. The number of ether oxygens (including phenoxy) is 2. The minimum atomic E-state index is -3.65. The van der Waals surface area contributed by atoms with Gasteiger partial charge >= 0.3 is 7.60 Å². The second-order valence-corrected chi connectivity index (χ2v) is 10.5. The van der Waals surface area contributed by atoms with Crippen molar-refractivity contribution in [3.63, 3.8) is 0 Å². The van der Waals surface area contributed by atoms with Gasteiger partial charge in [0, 0.05) is 20.6 Å². The van der Waals surface area contributed by atoms with Gasteiger partial charge in [-0.2, -0.15) is 0 Å². The molecule has 162 valence electrons. The highest BCUT2D eigenvalue weighted by Crippen LogP contribution is 2.61. The van der Waals surface area contributed by atoms with Crippen LogP contribution in [0.5, 0.6) is 0 Å². The van der Waals surface area contributed by atoms with Gasteiger partial charge in [-0.1, -0.05) is 17.7 Å². The Labute approximate surface area is 171 Å². The molecule has 7 nitrogen and oxygen atoms in total. The van der Waals surface area contributed by atoms with Crippen molar-refractivity contribution in [2.24, 2.45) is 0 Å². The summed E-state index contributed by atoms with van der Waals surface area (Å²) in [5, 5.41) is -1.22. The fraction of sp³-hybridized carbons (Fsp3) is 0.684. The Morgan fingerprint density at radius 2 is 1.50 bits per heavy atom. The molecule has 0 spiro atoms. The van der Waals surface area contributed by atoms with Crippen LogP contribution in [-0.2, 0) is 34.1 Å². The topological polar surface area (TPSA) is 83.1 Å². The Morgan fingerprint density at radius 1 is 1.00 bits per heavy atom. The van der Waals surface area contributed by atoms with E-state index in [1.54, 1.807) is 54.0 Å². The summed E-state index contributed by atoms with van der Waals surface area (Å²) in [4.78, 5) is 0.581. The van der Waals surface area contributed by atoms with E-state index in [4.69, 9.17) is 18.5 Å². The molecule has 2 atom stereocenters. The van der Waals surface area contributed by atoms with E-state index in [1.165, 1.54) is 0 Å². The number of rotatable bonds is 13. The van der Waals surface area contributed by atoms with E-state index < -0.39 is 29.6 Å². The lowest BCUT2D eigenvalue weighted by atomic mass is 10.1. The van der Waals surface area contributed by atoms with Gasteiger partial charge in [-0.25, -0.2) is 8.93 Å². The maximum absolute atomic E-state index is 13.6. The van der Waals surface area contributed by atoms with E-state index in [0.717, 1.165) is 5.56 Å². The van der Waals surface area contributed by atoms with E-state index in [2.05, 4.69) is 4.72 Å². The Kier molecular flexibility index (Phi) is 9.97. The zero-order valence-corrected chi connectivity index (χ0v) is 19.7. The van der Waals surface area contributed by atoms with Gasteiger partial charge in [0.05, 0.1) is 18.1 Å². The predicted octanol–water partition coefficient (Wildman–Crippen LogP) is 4.38. The van der Waals surface area contributed by atoms with Crippen molar-refractivity contribution in [1.29, 1.82) is 0 Å². The Balaban J connectivity index is 3.23. The van der Waals surface area contributed by atoms with Crippen molar-refractivity contribution in [3.8, 4) is 0 Å². The van der Waals surface area contributed by atoms with Crippen LogP contribution in [0.25, 0.3) is 0 Å². The van der Waals surface area contributed by atoms with Crippen LogP contribution < -0.4 is 4.72 Å². The summed E-state index contributed by atoms with van der Waals surface area (Å²) >= 11 is 0. The summed E-state index contributed by atoms with van der Waals surface area (Å²) in [6, 6.07) is 7.31. The number of hydrogen-bond acceptors (Lipinski definition) is 6. The maximum Gasteiger partial charge on any atom is 0.351 e. The van der Waals surface area contributed by atoms with Gasteiger partial charge in [0.25, 0.3) is 0 Å². The van der Waals surface area contributed by atoms with E-state index in [-0.39, 0.29) is 13.2 Å². The van der Waals surface area contributed by atoms with Gasteiger partial charge in [0.15, 0.2) is 5.79 Å². The van der Waals surface area contributed by atoms with Gasteiger partial charge in [0.2, 0.25) is 0 Å². The standard InChI is InChI=1S/C19H34NO6PS/c1-8-25-27(21,26-9-2)18(4,14-15-19(5,23-6)24-7)20-28(22)17-12-10-16(3)11-13-17/h10-13,20H,8-9,14-15H2,1-7H3/t18-,28?/m1/s1. The third kappa shape index (κ3) is 6.46. The van der Waals surface area contributed by atoms with Gasteiger partial charge < -0.3 is 18.5 Å². The average Bonchev–Trinajstić information content (AvgIpc) is 2.67. The molecule has 1 aromatic rings. The van der Waals surface area contributed by atoms with Crippen LogP contribution in [0.2, 0.25) is 0 Å². The van der Waals surface area contributed by atoms with Crippen LogP contribution >= 0.6 is 7.60 Å². The van der Waals surface area contributed by atoms with Crippen LogP contribution in [0, 0.1) is 6.92 Å². The SMILES string of the molecule is CCOP(=O)(OCC)[C@](C)(CCC(C)(OC)OC)NS(=O)c1ccc(C)cc1. The fourth-order valence-corrected chi connectivity index (χ4v) is 5.99. The van der Waals surface area contributed by atoms with Gasteiger partial charge in [-0.3, -0.25) is 4.57 Å². The molecule has 0 bridgehead atoms. The van der Waals surface area contributed by atoms with E-state index >= 15 is 0 Å². The predicted molar refractivity (Wildman–Crippen MR) is 112 cm³/mol. The molecule has 1 unspecified atom stereocenters. The molecule has 28 heavy (non-hydrogen) atoms. The highest BCUT2D eigenvalue weighted by atomic mass is 32.2. The molecular weight excluding hydrogens is 401 g/mol. The highest BCUT2D eigenvalue weighted by molar-refractivity contribution is 7.83. The first-order chi connectivity index (χ1) is 13.1. The summed E-state index contributed by atoms with van der Waals surface area (Å²) in [5.74, 6) is -0.877. The van der Waals surface area contributed by atoms with Crippen LogP contribution in [0.4, 0.5) is 0 Å². The summed E-state index contributed by atoms with van der Waals surface area (Å²) < 4.78 is 51.6. The molecule has 1 aromatic carbocycles. The molecule has 0 amide bonds. The zero-order chi connectivity index (χ0) is 21.4. The number of aryl methyl sites for hydroxylation is 1. The second-order valence-electron chi connectivity index (χ2n) is 6.83. The first-order valence-corrected chi connectivity index (χ1v) is 12.0. The molecule has 0 saturated heterocycles. The van der Waals surface area contributed by atoms with Gasteiger partial charge in [-0.15, -0.1) is 0 Å². The number of methoxy groups -OCH3 is 2. The molecule has 0 heterocycles. The summed E-state index contributed by atoms with van der Waals surface area (Å²) in [6.45, 7) is 9.36. The first-order valence-electron chi connectivity index (χ1n) is 9.34. The molecule has 0 fully saturated rings. The van der Waals surface area contributed by atoms with Gasteiger partial charge in [0.1, 0.15) is 16.3 Å². The highest BCUT2D eigenvalue weighted by Gasteiger charge is 2.49. The number of benzene rings is 1. The normalized spacial score (nSPS) is 16.0. The molecule has 0 radical (unpaired) electrons. The molecule has 1 N–H and O–H groups in total. The third-order valence-electron chi connectivity index (χ3n) is 4.68. The summed E-state index contributed by atoms with van der Waals surface area (Å²) in [5.41, 5.74) is 1.06. The summed E-state index contributed by atoms with van der Waals surface area (Å²) in [6.07, 6.45) is 0.679. The molecule has 0 aliphatic rings. The Bertz CT molecular complexity index is 670. The molecule has 0 aliphatic heterocycles. The molecule has 0 aliphatic carbocycles. The lowest BCUT2D eigenvalue weighted by Crippen LogP contribution is -2.46. The molecule has 9 heteroatoms. The monoisotopic (exact) mass is 435 g/mol. The quantitative estimate of drug-likeness (QED) is 0.366.